The molecule has 2 nitrogen and oxygen atoms in total. The lowest BCUT2D eigenvalue weighted by molar-refractivity contribution is 1.25. The Labute approximate surface area is 108 Å². The van der Waals surface area contributed by atoms with Gasteiger partial charge in [0.1, 0.15) is 0 Å². The normalized spacial score (nSPS) is 13.4. The van der Waals surface area contributed by atoms with Gasteiger partial charge in [-0.25, -0.2) is 0 Å². The smallest absolute Gasteiger partial charge is 0.0858 e. The van der Waals surface area contributed by atoms with Crippen LogP contribution in [0.4, 0.5) is 5.69 Å². The molecule has 3 rings (SSSR count). The fraction of sp³-hybridized carbons (Fsp3) is 0.0769. The highest BCUT2D eigenvalue weighted by molar-refractivity contribution is 14.1. The highest BCUT2D eigenvalue weighted by atomic mass is 127. The molecule has 3 heteroatoms. The number of rotatable bonds is 1. The van der Waals surface area contributed by atoms with Crippen LogP contribution in [0, 0.1) is 3.57 Å². The van der Waals surface area contributed by atoms with E-state index >= 15 is 0 Å². The van der Waals surface area contributed by atoms with Crippen LogP contribution in [0.25, 0.3) is 0 Å². The number of aromatic nitrogens is 1. The van der Waals surface area contributed by atoms with Gasteiger partial charge in [-0.15, -0.1) is 0 Å². The van der Waals surface area contributed by atoms with E-state index < -0.39 is 0 Å². The molecule has 1 aliphatic rings. The van der Waals surface area contributed by atoms with E-state index in [9.17, 15) is 0 Å². The lowest BCUT2D eigenvalue weighted by atomic mass is 10.1. The summed E-state index contributed by atoms with van der Waals surface area (Å²) >= 11 is 2.30. The van der Waals surface area contributed by atoms with Crippen LogP contribution in [-0.4, -0.2) is 10.7 Å². The third-order valence-corrected chi connectivity index (χ3v) is 3.29. The Morgan fingerprint density at radius 2 is 2.00 bits per heavy atom. The van der Waals surface area contributed by atoms with Gasteiger partial charge in [0.25, 0.3) is 0 Å². The van der Waals surface area contributed by atoms with Crippen molar-refractivity contribution in [2.75, 3.05) is 0 Å². The predicted octanol–water partition coefficient (Wildman–Crippen LogP) is 3.36. The van der Waals surface area contributed by atoms with Crippen LogP contribution < -0.4 is 0 Å². The van der Waals surface area contributed by atoms with Crippen molar-refractivity contribution in [1.82, 2.24) is 4.98 Å². The Hall–Kier alpha value is -1.23. The van der Waals surface area contributed by atoms with Crippen molar-refractivity contribution >= 4 is 34.0 Å². The summed E-state index contributed by atoms with van der Waals surface area (Å²) in [6.45, 7) is 0. The summed E-state index contributed by atoms with van der Waals surface area (Å²) in [4.78, 5) is 8.98. The number of hydrogen-bond acceptors (Lipinski definition) is 2. The molecule has 78 valence electrons. The summed E-state index contributed by atoms with van der Waals surface area (Å²) in [5, 5.41) is 0. The summed E-state index contributed by atoms with van der Waals surface area (Å²) in [5.74, 6) is 0. The molecular weight excluding hydrogens is 311 g/mol. The molecule has 0 spiro atoms. The molecule has 16 heavy (non-hydrogen) atoms. The second-order valence-corrected chi connectivity index (χ2v) is 4.97. The lowest BCUT2D eigenvalue weighted by Gasteiger charge is -1.99. The second kappa shape index (κ2) is 3.97. The maximum absolute atomic E-state index is 4.61. The van der Waals surface area contributed by atoms with Crippen molar-refractivity contribution in [3.8, 4) is 0 Å². The highest BCUT2D eigenvalue weighted by Gasteiger charge is 2.16. The number of pyridine rings is 1. The van der Waals surface area contributed by atoms with Gasteiger partial charge in [-0.2, -0.15) is 0 Å². The van der Waals surface area contributed by atoms with E-state index in [1.54, 1.807) is 0 Å². The van der Waals surface area contributed by atoms with Gasteiger partial charge >= 0.3 is 0 Å². The molecule has 0 radical (unpaired) electrons. The first-order valence-electron chi connectivity index (χ1n) is 5.10. The van der Waals surface area contributed by atoms with E-state index in [1.165, 1.54) is 9.13 Å². The Bertz CT molecular complexity index is 576. The van der Waals surface area contributed by atoms with E-state index in [0.717, 1.165) is 23.5 Å². The Morgan fingerprint density at radius 3 is 2.81 bits per heavy atom. The molecule has 0 unspecified atom stereocenters. The number of halogens is 1. The van der Waals surface area contributed by atoms with E-state index in [-0.39, 0.29) is 0 Å². The van der Waals surface area contributed by atoms with E-state index in [4.69, 9.17) is 0 Å². The monoisotopic (exact) mass is 320 g/mol. The van der Waals surface area contributed by atoms with Gasteiger partial charge in [0, 0.05) is 16.2 Å². The van der Waals surface area contributed by atoms with Crippen molar-refractivity contribution in [2.24, 2.45) is 4.99 Å². The Balaban J connectivity index is 2.02. The maximum Gasteiger partial charge on any atom is 0.0858 e. The molecule has 1 aromatic heterocycles. The van der Waals surface area contributed by atoms with Crippen LogP contribution in [0.15, 0.2) is 47.6 Å². The third kappa shape index (κ3) is 1.75. The molecule has 0 fully saturated rings. The summed E-state index contributed by atoms with van der Waals surface area (Å²) in [7, 11) is 0. The molecule has 0 aliphatic carbocycles. The van der Waals surface area contributed by atoms with Crippen molar-refractivity contribution in [3.05, 3.63) is 57.4 Å². The molecule has 0 N–H and O–H groups in total. The van der Waals surface area contributed by atoms with Gasteiger partial charge in [0.05, 0.1) is 17.1 Å². The topological polar surface area (TPSA) is 25.2 Å². The second-order valence-electron chi connectivity index (χ2n) is 3.72. The zero-order chi connectivity index (χ0) is 11.0. The predicted molar refractivity (Wildman–Crippen MR) is 73.3 cm³/mol. The first kappa shape index (κ1) is 9.96. The summed E-state index contributed by atoms with van der Waals surface area (Å²) < 4.78 is 1.20. The standard InChI is InChI=1S/C13H9IN2/c14-10-5-6-15-12(8-10)13-7-9-3-1-2-4-11(9)16-13/h1-6,8H,7H2. The third-order valence-electron chi connectivity index (χ3n) is 2.62. The number of para-hydroxylation sites is 1. The minimum absolute atomic E-state index is 0.892. The fourth-order valence-electron chi connectivity index (χ4n) is 1.85. The molecule has 0 amide bonds. The van der Waals surface area contributed by atoms with Gasteiger partial charge in [-0.3, -0.25) is 9.98 Å². The summed E-state index contributed by atoms with van der Waals surface area (Å²) in [5.41, 5.74) is 4.43. The van der Waals surface area contributed by atoms with Crippen LogP contribution in [0.3, 0.4) is 0 Å². The minimum atomic E-state index is 0.892. The molecule has 2 aromatic rings. The highest BCUT2D eigenvalue weighted by Crippen LogP contribution is 2.27. The molecular formula is C13H9IN2. The van der Waals surface area contributed by atoms with Gasteiger partial charge in [0.15, 0.2) is 0 Å². The molecule has 1 aliphatic heterocycles. The maximum atomic E-state index is 4.61. The number of aliphatic imine (C=N–C) groups is 1. The molecule has 0 saturated carbocycles. The quantitative estimate of drug-likeness (QED) is 0.740. The average molecular weight is 320 g/mol. The van der Waals surface area contributed by atoms with Crippen LogP contribution in [0.5, 0.6) is 0 Å². The van der Waals surface area contributed by atoms with Crippen molar-refractivity contribution < 1.29 is 0 Å². The van der Waals surface area contributed by atoms with E-state index in [2.05, 4.69) is 56.8 Å². The van der Waals surface area contributed by atoms with E-state index in [1.807, 2.05) is 18.3 Å². The zero-order valence-electron chi connectivity index (χ0n) is 8.52. The molecule has 0 saturated heterocycles. The zero-order valence-corrected chi connectivity index (χ0v) is 10.7. The van der Waals surface area contributed by atoms with Crippen molar-refractivity contribution in [2.45, 2.75) is 6.42 Å². The molecule has 0 bridgehead atoms. The summed E-state index contributed by atoms with van der Waals surface area (Å²) in [6, 6.07) is 12.3. The van der Waals surface area contributed by atoms with Gasteiger partial charge in [-0.05, 0) is 46.4 Å². The number of nitrogens with zero attached hydrogens (tertiary/aromatic N) is 2. The van der Waals surface area contributed by atoms with Crippen LogP contribution in [0.2, 0.25) is 0 Å². The SMILES string of the molecule is Ic1ccnc(C2=Nc3ccccc3C2)c1. The van der Waals surface area contributed by atoms with Crippen LogP contribution in [0.1, 0.15) is 11.3 Å². The molecule has 2 heterocycles. The molecule has 1 aromatic carbocycles. The summed E-state index contributed by atoms with van der Waals surface area (Å²) in [6.07, 6.45) is 2.73. The number of benzene rings is 1. The van der Waals surface area contributed by atoms with E-state index in [0.29, 0.717) is 0 Å². The van der Waals surface area contributed by atoms with Crippen LogP contribution in [-0.2, 0) is 6.42 Å². The molecule has 0 atom stereocenters. The lowest BCUT2D eigenvalue weighted by Crippen LogP contribution is -2.03. The van der Waals surface area contributed by atoms with Gasteiger partial charge in [0.2, 0.25) is 0 Å². The first-order chi connectivity index (χ1) is 7.83. The minimum Gasteiger partial charge on any atom is -0.255 e. The fourth-order valence-corrected chi connectivity index (χ4v) is 2.30. The average Bonchev–Trinajstić information content (AvgIpc) is 2.72. The van der Waals surface area contributed by atoms with Crippen LogP contribution >= 0.6 is 22.6 Å². The Kier molecular flexibility index (Phi) is 2.47. The van der Waals surface area contributed by atoms with Gasteiger partial charge < -0.3 is 0 Å². The van der Waals surface area contributed by atoms with Crippen molar-refractivity contribution in [3.63, 3.8) is 0 Å². The Morgan fingerprint density at radius 1 is 1.12 bits per heavy atom. The first-order valence-corrected chi connectivity index (χ1v) is 6.18. The van der Waals surface area contributed by atoms with Crippen molar-refractivity contribution in [1.29, 1.82) is 0 Å². The van der Waals surface area contributed by atoms with Gasteiger partial charge in [-0.1, -0.05) is 18.2 Å². The number of fused-ring (bicyclic) bond motifs is 1. The largest absolute Gasteiger partial charge is 0.255 e. The number of hydrogen-bond donors (Lipinski definition) is 0.